The topological polar surface area (TPSA) is 84.6 Å². The number of benzene rings is 1. The van der Waals surface area contributed by atoms with Crippen molar-refractivity contribution in [2.75, 3.05) is 26.2 Å². The van der Waals surface area contributed by atoms with Crippen LogP contribution in [0.25, 0.3) is 0 Å². The van der Waals surface area contributed by atoms with Crippen LogP contribution in [0.4, 0.5) is 0 Å². The van der Waals surface area contributed by atoms with E-state index in [-0.39, 0.29) is 18.0 Å². The van der Waals surface area contributed by atoms with E-state index in [0.29, 0.717) is 24.7 Å². The van der Waals surface area contributed by atoms with Crippen molar-refractivity contribution >= 4 is 21.6 Å². The molecule has 0 atom stereocenters. The van der Waals surface area contributed by atoms with Crippen molar-refractivity contribution in [3.63, 3.8) is 0 Å². The minimum absolute atomic E-state index is 0.263. The van der Waals surface area contributed by atoms with Gasteiger partial charge in [0.1, 0.15) is 0 Å². The maximum atomic E-state index is 12.9. The Morgan fingerprint density at radius 3 is 2.30 bits per heavy atom. The highest BCUT2D eigenvalue weighted by Crippen LogP contribution is 2.19. The van der Waals surface area contributed by atoms with Crippen molar-refractivity contribution in [3.8, 4) is 0 Å². The Hall–Kier alpha value is -1.94. The second-order valence-corrected chi connectivity index (χ2v) is 8.84. The van der Waals surface area contributed by atoms with Crippen LogP contribution in [0.3, 0.4) is 0 Å². The van der Waals surface area contributed by atoms with E-state index < -0.39 is 21.3 Å². The predicted octanol–water partition coefficient (Wildman–Crippen LogP) is 0.244. The predicted molar refractivity (Wildman–Crippen MR) is 102 cm³/mol. The van der Waals surface area contributed by atoms with E-state index in [2.05, 4.69) is 4.90 Å². The number of halogens is 1. The van der Waals surface area contributed by atoms with Gasteiger partial charge < -0.3 is 4.57 Å². The van der Waals surface area contributed by atoms with Crippen molar-refractivity contribution in [1.82, 2.24) is 18.3 Å². The first-order valence-electron chi connectivity index (χ1n) is 8.44. The highest BCUT2D eigenvalue weighted by molar-refractivity contribution is 7.89. The number of hydrogen-bond acceptors (Lipinski definition) is 5. The van der Waals surface area contributed by atoms with Crippen LogP contribution in [0.2, 0.25) is 5.02 Å². The normalized spacial score (nSPS) is 16.6. The number of hydrogen-bond donors (Lipinski definition) is 0. The van der Waals surface area contributed by atoms with Crippen LogP contribution in [0.15, 0.2) is 44.9 Å². The van der Waals surface area contributed by atoms with Crippen molar-refractivity contribution in [2.24, 2.45) is 14.1 Å². The maximum Gasteiger partial charge on any atom is 0.330 e. The van der Waals surface area contributed by atoms with Crippen LogP contribution < -0.4 is 11.2 Å². The van der Waals surface area contributed by atoms with Crippen LogP contribution in [-0.4, -0.2) is 52.9 Å². The van der Waals surface area contributed by atoms with Gasteiger partial charge in [-0.25, -0.2) is 13.2 Å². The molecule has 0 saturated carbocycles. The van der Waals surface area contributed by atoms with Gasteiger partial charge in [0.25, 0.3) is 5.56 Å². The van der Waals surface area contributed by atoms with E-state index in [1.807, 2.05) is 24.3 Å². The molecule has 1 saturated heterocycles. The van der Waals surface area contributed by atoms with Gasteiger partial charge in [0.15, 0.2) is 4.90 Å². The summed E-state index contributed by atoms with van der Waals surface area (Å²) in [4.78, 5) is 25.8. The molecule has 8 nitrogen and oxygen atoms in total. The molecule has 1 aromatic carbocycles. The molecular weight excluding hydrogens is 392 g/mol. The monoisotopic (exact) mass is 412 g/mol. The van der Waals surface area contributed by atoms with Crippen LogP contribution in [0.5, 0.6) is 0 Å². The van der Waals surface area contributed by atoms with Crippen molar-refractivity contribution < 1.29 is 8.42 Å². The molecule has 2 aromatic rings. The lowest BCUT2D eigenvalue weighted by Gasteiger charge is -2.34. The third-order valence-corrected chi connectivity index (χ3v) is 6.97. The molecular formula is C17H21ClN4O4S. The molecule has 0 spiro atoms. The molecule has 0 aliphatic carbocycles. The van der Waals surface area contributed by atoms with E-state index in [1.165, 1.54) is 18.4 Å². The number of rotatable bonds is 4. The zero-order chi connectivity index (χ0) is 19.8. The van der Waals surface area contributed by atoms with Crippen LogP contribution in [0, 0.1) is 0 Å². The summed E-state index contributed by atoms with van der Waals surface area (Å²) in [6.07, 6.45) is 1.09. The number of sulfonamides is 1. The zero-order valence-electron chi connectivity index (χ0n) is 15.1. The SMILES string of the molecule is Cn1cc(S(=O)(=O)N2CCN(Cc3ccccc3Cl)CC2)c(=O)n(C)c1=O. The Balaban J connectivity index is 1.77. The Morgan fingerprint density at radius 1 is 1.04 bits per heavy atom. The molecule has 0 N–H and O–H groups in total. The van der Waals surface area contributed by atoms with Gasteiger partial charge in [-0.05, 0) is 11.6 Å². The molecule has 1 aromatic heterocycles. The minimum Gasteiger partial charge on any atom is -0.302 e. The van der Waals surface area contributed by atoms with Crippen LogP contribution >= 0.6 is 11.6 Å². The second-order valence-electron chi connectivity index (χ2n) is 6.52. The summed E-state index contributed by atoms with van der Waals surface area (Å²) in [5, 5.41) is 0.682. The first kappa shape index (κ1) is 19.8. The highest BCUT2D eigenvalue weighted by Gasteiger charge is 2.31. The number of aryl methyl sites for hydroxylation is 1. The molecule has 3 rings (SSSR count). The van der Waals surface area contributed by atoms with E-state index >= 15 is 0 Å². The molecule has 1 aliphatic rings. The standard InChI is InChI=1S/C17H21ClN4O4S/c1-19-12-15(16(23)20(2)17(19)24)27(25,26)22-9-7-21(8-10-22)11-13-5-3-4-6-14(13)18/h3-6,12H,7-11H2,1-2H3. The molecule has 0 bridgehead atoms. The van der Waals surface area contributed by atoms with Gasteiger partial charge in [0.05, 0.1) is 0 Å². The molecule has 27 heavy (non-hydrogen) atoms. The Kier molecular flexibility index (Phi) is 5.57. The van der Waals surface area contributed by atoms with E-state index in [9.17, 15) is 18.0 Å². The lowest BCUT2D eigenvalue weighted by Crippen LogP contribution is -2.50. The summed E-state index contributed by atoms with van der Waals surface area (Å²) in [7, 11) is -1.28. The van der Waals surface area contributed by atoms with Gasteiger partial charge in [-0.1, -0.05) is 29.8 Å². The van der Waals surface area contributed by atoms with Gasteiger partial charge in [-0.3, -0.25) is 14.3 Å². The molecule has 0 radical (unpaired) electrons. The summed E-state index contributed by atoms with van der Waals surface area (Å²) in [6.45, 7) is 2.21. The Morgan fingerprint density at radius 2 is 1.67 bits per heavy atom. The second kappa shape index (κ2) is 7.59. The largest absolute Gasteiger partial charge is 0.330 e. The summed E-state index contributed by atoms with van der Waals surface area (Å²) < 4.78 is 29.0. The third-order valence-electron chi connectivity index (χ3n) is 4.72. The first-order chi connectivity index (χ1) is 12.7. The average Bonchev–Trinajstić information content (AvgIpc) is 2.65. The molecule has 1 fully saturated rings. The number of aromatic nitrogens is 2. The summed E-state index contributed by atoms with van der Waals surface area (Å²) in [6, 6.07) is 7.55. The molecule has 1 aliphatic heterocycles. The van der Waals surface area contributed by atoms with E-state index in [4.69, 9.17) is 11.6 Å². The van der Waals surface area contributed by atoms with Crippen LogP contribution in [0.1, 0.15) is 5.56 Å². The fourth-order valence-electron chi connectivity index (χ4n) is 3.09. The van der Waals surface area contributed by atoms with Gasteiger partial charge >= 0.3 is 5.69 Å². The number of nitrogens with zero attached hydrogens (tertiary/aromatic N) is 4. The van der Waals surface area contributed by atoms with Crippen molar-refractivity contribution in [1.29, 1.82) is 0 Å². The van der Waals surface area contributed by atoms with Crippen molar-refractivity contribution in [2.45, 2.75) is 11.4 Å². The molecule has 10 heteroatoms. The first-order valence-corrected chi connectivity index (χ1v) is 10.3. The van der Waals surface area contributed by atoms with E-state index in [0.717, 1.165) is 20.9 Å². The molecule has 146 valence electrons. The summed E-state index contributed by atoms with van der Waals surface area (Å²) >= 11 is 6.19. The van der Waals surface area contributed by atoms with Gasteiger partial charge in [0.2, 0.25) is 10.0 Å². The lowest BCUT2D eigenvalue weighted by atomic mass is 10.2. The van der Waals surface area contributed by atoms with Gasteiger partial charge in [0, 0.05) is 58.0 Å². The zero-order valence-corrected chi connectivity index (χ0v) is 16.7. The van der Waals surface area contributed by atoms with E-state index in [1.54, 1.807) is 0 Å². The maximum absolute atomic E-state index is 12.9. The van der Waals surface area contributed by atoms with Gasteiger partial charge in [-0.2, -0.15) is 4.31 Å². The Labute approximate surface area is 162 Å². The molecule has 0 unspecified atom stereocenters. The average molecular weight is 413 g/mol. The lowest BCUT2D eigenvalue weighted by molar-refractivity contribution is 0.181. The summed E-state index contributed by atoms with van der Waals surface area (Å²) in [5.41, 5.74) is -0.387. The molecule has 2 heterocycles. The summed E-state index contributed by atoms with van der Waals surface area (Å²) in [5.74, 6) is 0. The van der Waals surface area contributed by atoms with Crippen molar-refractivity contribution in [3.05, 3.63) is 61.9 Å². The minimum atomic E-state index is -3.97. The Bertz CT molecular complexity index is 1070. The third kappa shape index (κ3) is 3.86. The smallest absolute Gasteiger partial charge is 0.302 e. The molecule has 0 amide bonds. The number of piperazine rings is 1. The van der Waals surface area contributed by atoms with Gasteiger partial charge in [-0.15, -0.1) is 0 Å². The fourth-order valence-corrected chi connectivity index (χ4v) is 4.85. The van der Waals surface area contributed by atoms with Crippen LogP contribution in [-0.2, 0) is 30.7 Å². The quantitative estimate of drug-likeness (QED) is 0.718. The fraction of sp³-hybridized carbons (Fsp3) is 0.412. The highest BCUT2D eigenvalue weighted by atomic mass is 35.5.